The van der Waals surface area contributed by atoms with Gasteiger partial charge in [0.25, 0.3) is 0 Å². The number of nitrogens with one attached hydrogen (secondary N) is 2. The molecule has 4 rings (SSSR count). The van der Waals surface area contributed by atoms with E-state index in [9.17, 15) is 4.79 Å². The number of hydrogen-bond acceptors (Lipinski definition) is 5. The van der Waals surface area contributed by atoms with Crippen molar-refractivity contribution in [2.24, 2.45) is 5.92 Å². The Bertz CT molecular complexity index is 836. The molecule has 0 aromatic heterocycles. The standard InChI is InChI=1S/C24H32N4O3/c1-27(20-7-3-2-4-8-20)22-10-6-5-9-21(22)26-24(29)25-17-23(19-11-14-31-18-19)28-12-15-30-16-13-28/h2-10,19,23H,11-18H2,1H3,(H2,25,26,29)/t19-,23+/m0/s1. The molecule has 2 N–H and O–H groups in total. The van der Waals surface area contributed by atoms with Crippen molar-refractivity contribution in [3.8, 4) is 0 Å². The number of ether oxygens (including phenoxy) is 2. The molecule has 2 saturated heterocycles. The fourth-order valence-corrected chi connectivity index (χ4v) is 4.39. The highest BCUT2D eigenvalue weighted by atomic mass is 16.5. The first-order chi connectivity index (χ1) is 15.2. The molecular weight excluding hydrogens is 392 g/mol. The molecule has 2 fully saturated rings. The molecule has 0 spiro atoms. The lowest BCUT2D eigenvalue weighted by Crippen LogP contribution is -2.52. The number of anilines is 3. The molecule has 0 radical (unpaired) electrons. The lowest BCUT2D eigenvalue weighted by molar-refractivity contribution is 0.00222. The SMILES string of the molecule is CN(c1ccccc1)c1ccccc1NC(=O)NC[C@H]([C@H]1CCOC1)N1CCOCC1. The molecule has 31 heavy (non-hydrogen) atoms. The van der Waals surface area contributed by atoms with E-state index in [0.717, 1.165) is 63.0 Å². The van der Waals surface area contributed by atoms with Crippen LogP contribution in [0.2, 0.25) is 0 Å². The molecule has 2 atom stereocenters. The molecule has 2 aromatic rings. The molecule has 0 bridgehead atoms. The number of nitrogens with zero attached hydrogens (tertiary/aromatic N) is 2. The monoisotopic (exact) mass is 424 g/mol. The second-order valence-corrected chi connectivity index (χ2v) is 8.09. The molecule has 0 unspecified atom stereocenters. The third-order valence-corrected chi connectivity index (χ3v) is 6.15. The lowest BCUT2D eigenvalue weighted by atomic mass is 9.97. The Hall–Kier alpha value is -2.61. The topological polar surface area (TPSA) is 66.1 Å². The van der Waals surface area contributed by atoms with Crippen LogP contribution in [0.1, 0.15) is 6.42 Å². The highest BCUT2D eigenvalue weighted by molar-refractivity contribution is 5.94. The van der Waals surface area contributed by atoms with E-state index < -0.39 is 0 Å². The van der Waals surface area contributed by atoms with Crippen molar-refractivity contribution >= 4 is 23.1 Å². The van der Waals surface area contributed by atoms with Crippen molar-refractivity contribution in [1.82, 2.24) is 10.2 Å². The van der Waals surface area contributed by atoms with Crippen LogP contribution in [-0.4, -0.2) is 70.1 Å². The van der Waals surface area contributed by atoms with E-state index in [1.807, 2.05) is 61.6 Å². The van der Waals surface area contributed by atoms with Crippen molar-refractivity contribution in [3.63, 3.8) is 0 Å². The minimum absolute atomic E-state index is 0.189. The number of carbonyl (C=O) groups is 1. The van der Waals surface area contributed by atoms with Crippen LogP contribution in [-0.2, 0) is 9.47 Å². The molecule has 2 aliphatic heterocycles. The summed E-state index contributed by atoms with van der Waals surface area (Å²) in [5.41, 5.74) is 2.78. The zero-order valence-corrected chi connectivity index (χ0v) is 18.1. The van der Waals surface area contributed by atoms with Gasteiger partial charge in [-0.3, -0.25) is 4.90 Å². The van der Waals surface area contributed by atoms with Crippen molar-refractivity contribution in [3.05, 3.63) is 54.6 Å². The molecule has 2 aromatic carbocycles. The maximum Gasteiger partial charge on any atom is 0.319 e. The average Bonchev–Trinajstić information content (AvgIpc) is 3.35. The van der Waals surface area contributed by atoms with Crippen LogP contribution in [0.15, 0.2) is 54.6 Å². The summed E-state index contributed by atoms with van der Waals surface area (Å²) in [6.07, 6.45) is 1.04. The second-order valence-electron chi connectivity index (χ2n) is 8.09. The van der Waals surface area contributed by atoms with Crippen LogP contribution < -0.4 is 15.5 Å². The van der Waals surface area contributed by atoms with E-state index in [1.54, 1.807) is 0 Å². The first-order valence-corrected chi connectivity index (χ1v) is 11.0. The van der Waals surface area contributed by atoms with Gasteiger partial charge in [-0.25, -0.2) is 4.79 Å². The summed E-state index contributed by atoms with van der Waals surface area (Å²) in [4.78, 5) is 17.3. The Morgan fingerprint density at radius 2 is 1.81 bits per heavy atom. The smallest absolute Gasteiger partial charge is 0.319 e. The highest BCUT2D eigenvalue weighted by Crippen LogP contribution is 2.30. The summed E-state index contributed by atoms with van der Waals surface area (Å²) in [6.45, 7) is 5.44. The third kappa shape index (κ3) is 5.55. The Morgan fingerprint density at radius 1 is 1.06 bits per heavy atom. The van der Waals surface area contributed by atoms with Gasteiger partial charge in [0.1, 0.15) is 0 Å². The van der Waals surface area contributed by atoms with Gasteiger partial charge in [0.2, 0.25) is 0 Å². The number of benzene rings is 2. The zero-order valence-electron chi connectivity index (χ0n) is 18.1. The molecule has 166 valence electrons. The first kappa shape index (κ1) is 21.6. The molecule has 0 aliphatic carbocycles. The minimum Gasteiger partial charge on any atom is -0.381 e. The highest BCUT2D eigenvalue weighted by Gasteiger charge is 2.31. The molecule has 0 saturated carbocycles. The van der Waals surface area contributed by atoms with Gasteiger partial charge in [-0.15, -0.1) is 0 Å². The van der Waals surface area contributed by atoms with Crippen LogP contribution in [0.4, 0.5) is 21.9 Å². The number of hydrogen-bond donors (Lipinski definition) is 2. The Balaban J connectivity index is 1.40. The van der Waals surface area contributed by atoms with Gasteiger partial charge in [-0.1, -0.05) is 30.3 Å². The van der Waals surface area contributed by atoms with E-state index >= 15 is 0 Å². The summed E-state index contributed by atoms with van der Waals surface area (Å²) in [5, 5.41) is 6.15. The molecule has 2 amide bonds. The summed E-state index contributed by atoms with van der Waals surface area (Å²) >= 11 is 0. The van der Waals surface area contributed by atoms with Gasteiger partial charge in [-0.05, 0) is 30.7 Å². The van der Waals surface area contributed by atoms with Crippen LogP contribution >= 0.6 is 0 Å². The van der Waals surface area contributed by atoms with E-state index in [4.69, 9.17) is 9.47 Å². The lowest BCUT2D eigenvalue weighted by Gasteiger charge is -2.37. The number of rotatable bonds is 7. The van der Waals surface area contributed by atoms with Crippen molar-refractivity contribution in [2.75, 3.05) is 63.3 Å². The number of para-hydroxylation sites is 3. The van der Waals surface area contributed by atoms with Crippen molar-refractivity contribution in [2.45, 2.75) is 12.5 Å². The van der Waals surface area contributed by atoms with Gasteiger partial charge >= 0.3 is 6.03 Å². The Labute approximate surface area is 184 Å². The van der Waals surface area contributed by atoms with Crippen LogP contribution in [0.25, 0.3) is 0 Å². The minimum atomic E-state index is -0.189. The summed E-state index contributed by atoms with van der Waals surface area (Å²) in [6, 6.07) is 18.0. The van der Waals surface area contributed by atoms with E-state index in [2.05, 4.69) is 20.4 Å². The normalized spacial score (nSPS) is 20.2. The predicted molar refractivity (Wildman–Crippen MR) is 123 cm³/mol. The van der Waals surface area contributed by atoms with E-state index in [0.29, 0.717) is 12.5 Å². The zero-order chi connectivity index (χ0) is 21.5. The maximum atomic E-state index is 12.8. The van der Waals surface area contributed by atoms with Crippen LogP contribution in [0.5, 0.6) is 0 Å². The Morgan fingerprint density at radius 3 is 2.55 bits per heavy atom. The third-order valence-electron chi connectivity index (χ3n) is 6.15. The van der Waals surface area contributed by atoms with Crippen LogP contribution in [0, 0.1) is 5.92 Å². The van der Waals surface area contributed by atoms with E-state index in [1.165, 1.54) is 0 Å². The van der Waals surface area contributed by atoms with Gasteiger partial charge in [0, 0.05) is 50.9 Å². The van der Waals surface area contributed by atoms with E-state index in [-0.39, 0.29) is 12.1 Å². The molecule has 2 heterocycles. The number of morpholine rings is 1. The average molecular weight is 425 g/mol. The van der Waals surface area contributed by atoms with Gasteiger partial charge in [-0.2, -0.15) is 0 Å². The number of urea groups is 1. The van der Waals surface area contributed by atoms with Crippen LogP contribution in [0.3, 0.4) is 0 Å². The van der Waals surface area contributed by atoms with Crippen molar-refractivity contribution in [1.29, 1.82) is 0 Å². The first-order valence-electron chi connectivity index (χ1n) is 11.0. The second kappa shape index (κ2) is 10.6. The predicted octanol–water partition coefficient (Wildman–Crippen LogP) is 3.31. The molecule has 7 nitrogen and oxygen atoms in total. The molecule has 2 aliphatic rings. The number of carbonyl (C=O) groups excluding carboxylic acids is 1. The quantitative estimate of drug-likeness (QED) is 0.714. The summed E-state index contributed by atoms with van der Waals surface area (Å²) < 4.78 is 11.1. The summed E-state index contributed by atoms with van der Waals surface area (Å²) in [5.74, 6) is 0.440. The van der Waals surface area contributed by atoms with Gasteiger partial charge in [0.15, 0.2) is 0 Å². The van der Waals surface area contributed by atoms with Crippen molar-refractivity contribution < 1.29 is 14.3 Å². The summed E-state index contributed by atoms with van der Waals surface area (Å²) in [7, 11) is 2.00. The largest absolute Gasteiger partial charge is 0.381 e. The Kier molecular flexibility index (Phi) is 7.40. The molecular formula is C24H32N4O3. The van der Waals surface area contributed by atoms with Gasteiger partial charge < -0.3 is 25.0 Å². The maximum absolute atomic E-state index is 12.8. The number of amides is 2. The fraction of sp³-hybridized carbons (Fsp3) is 0.458. The fourth-order valence-electron chi connectivity index (χ4n) is 4.39. The molecule has 7 heteroatoms. The van der Waals surface area contributed by atoms with Gasteiger partial charge in [0.05, 0.1) is 31.2 Å².